The minimum Gasteiger partial charge on any atom is -0.459 e. The van der Waals surface area contributed by atoms with Crippen LogP contribution < -0.4 is 4.74 Å². The molecule has 0 saturated carbocycles. The molecule has 0 N–H and O–H groups in total. The molecule has 1 aromatic carbocycles. The Balaban J connectivity index is 2.14. The van der Waals surface area contributed by atoms with Gasteiger partial charge in [-0.3, -0.25) is 4.79 Å². The summed E-state index contributed by atoms with van der Waals surface area (Å²) in [6.07, 6.45) is 1.58. The highest BCUT2D eigenvalue weighted by molar-refractivity contribution is 5.78. The Morgan fingerprint density at radius 1 is 1.21 bits per heavy atom. The third-order valence-corrected chi connectivity index (χ3v) is 3.11. The summed E-state index contributed by atoms with van der Waals surface area (Å²) in [5, 5.41) is 8.99. The number of hydrogen-bond donors (Lipinski definition) is 0. The number of pyridine rings is 1. The van der Waals surface area contributed by atoms with E-state index in [9.17, 15) is 4.79 Å². The van der Waals surface area contributed by atoms with E-state index in [1.54, 1.807) is 39.1 Å². The highest BCUT2D eigenvalue weighted by atomic mass is 16.6. The number of carbonyl (C=O) groups is 1. The molecule has 24 heavy (non-hydrogen) atoms. The van der Waals surface area contributed by atoms with Gasteiger partial charge in [-0.25, -0.2) is 4.98 Å². The zero-order valence-electron chi connectivity index (χ0n) is 14.0. The molecular formula is C19H20N2O3. The molecule has 0 aliphatic rings. The Kier molecular flexibility index (Phi) is 5.54. The number of para-hydroxylation sites is 1. The van der Waals surface area contributed by atoms with Crippen LogP contribution in [0.3, 0.4) is 0 Å². The highest BCUT2D eigenvalue weighted by Gasteiger charge is 2.26. The lowest BCUT2D eigenvalue weighted by Gasteiger charge is -2.23. The van der Waals surface area contributed by atoms with Crippen molar-refractivity contribution >= 4 is 5.97 Å². The van der Waals surface area contributed by atoms with Crippen molar-refractivity contribution in [2.45, 2.75) is 38.7 Å². The zero-order chi connectivity index (χ0) is 17.6. The highest BCUT2D eigenvalue weighted by Crippen LogP contribution is 2.25. The van der Waals surface area contributed by atoms with Crippen LogP contribution in [-0.2, 0) is 9.53 Å². The number of nitriles is 1. The number of rotatable bonds is 5. The van der Waals surface area contributed by atoms with E-state index in [1.165, 1.54) is 0 Å². The van der Waals surface area contributed by atoms with Crippen molar-refractivity contribution in [3.8, 4) is 17.7 Å². The Morgan fingerprint density at radius 3 is 2.46 bits per heavy atom. The minimum absolute atomic E-state index is 0.0372. The normalized spacial score (nSPS) is 12.1. The van der Waals surface area contributed by atoms with E-state index >= 15 is 0 Å². The molecule has 1 unspecified atom stereocenters. The molecule has 0 radical (unpaired) electrons. The van der Waals surface area contributed by atoms with E-state index < -0.39 is 17.5 Å². The van der Waals surface area contributed by atoms with Crippen molar-refractivity contribution < 1.29 is 14.3 Å². The minimum atomic E-state index is -0.660. The number of benzene rings is 1. The molecule has 1 heterocycles. The third kappa shape index (κ3) is 5.10. The Morgan fingerprint density at radius 2 is 1.92 bits per heavy atom. The zero-order valence-corrected chi connectivity index (χ0v) is 14.0. The number of nitrogens with zero attached hydrogens (tertiary/aromatic N) is 2. The van der Waals surface area contributed by atoms with Crippen LogP contribution in [-0.4, -0.2) is 16.6 Å². The van der Waals surface area contributed by atoms with Gasteiger partial charge in [-0.15, -0.1) is 0 Å². The van der Waals surface area contributed by atoms with Gasteiger partial charge < -0.3 is 9.47 Å². The maximum absolute atomic E-state index is 12.3. The summed E-state index contributed by atoms with van der Waals surface area (Å²) in [6, 6.07) is 14.7. The van der Waals surface area contributed by atoms with Crippen molar-refractivity contribution in [3.63, 3.8) is 0 Å². The standard InChI is InChI=1S/C19H20N2O3/c1-19(2,3)24-18(22)16(11-12-20)14-9-10-17(21-13-14)23-15-7-5-4-6-8-15/h4-10,13,16H,11H2,1-3H3. The quantitative estimate of drug-likeness (QED) is 0.770. The Labute approximate surface area is 141 Å². The molecule has 5 nitrogen and oxygen atoms in total. The fraction of sp³-hybridized carbons (Fsp3) is 0.316. The lowest BCUT2D eigenvalue weighted by molar-refractivity contribution is -0.156. The molecule has 1 atom stereocenters. The van der Waals surface area contributed by atoms with E-state index in [0.29, 0.717) is 17.2 Å². The van der Waals surface area contributed by atoms with Crippen LogP contribution in [0, 0.1) is 11.3 Å². The molecule has 1 aromatic heterocycles. The molecule has 0 fully saturated rings. The van der Waals surface area contributed by atoms with Gasteiger partial charge in [0.2, 0.25) is 5.88 Å². The Bertz CT molecular complexity index is 713. The molecule has 2 aromatic rings. The molecule has 0 spiro atoms. The van der Waals surface area contributed by atoms with Gasteiger partial charge in [0.25, 0.3) is 0 Å². The summed E-state index contributed by atoms with van der Waals surface area (Å²) in [6.45, 7) is 5.39. The summed E-state index contributed by atoms with van der Waals surface area (Å²) in [7, 11) is 0. The second-order valence-electron chi connectivity index (χ2n) is 6.29. The van der Waals surface area contributed by atoms with Gasteiger partial charge in [0, 0.05) is 12.3 Å². The van der Waals surface area contributed by atoms with Gasteiger partial charge in [-0.05, 0) is 38.5 Å². The van der Waals surface area contributed by atoms with E-state index in [-0.39, 0.29) is 6.42 Å². The Hall–Kier alpha value is -2.87. The maximum atomic E-state index is 12.3. The fourth-order valence-corrected chi connectivity index (χ4v) is 2.07. The summed E-state index contributed by atoms with van der Waals surface area (Å²) in [5.41, 5.74) is 0.0282. The van der Waals surface area contributed by atoms with Crippen LogP contribution in [0.25, 0.3) is 0 Å². The monoisotopic (exact) mass is 324 g/mol. The summed E-state index contributed by atoms with van der Waals surface area (Å²) in [5.74, 6) is 0.0124. The van der Waals surface area contributed by atoms with Crippen LogP contribution in [0.5, 0.6) is 11.6 Å². The first-order chi connectivity index (χ1) is 11.4. The van der Waals surface area contributed by atoms with Gasteiger partial charge in [0.1, 0.15) is 11.4 Å². The van der Waals surface area contributed by atoms with E-state index in [1.807, 2.05) is 36.4 Å². The average Bonchev–Trinajstić information content (AvgIpc) is 2.53. The van der Waals surface area contributed by atoms with Gasteiger partial charge in [-0.2, -0.15) is 5.26 Å². The van der Waals surface area contributed by atoms with Gasteiger partial charge >= 0.3 is 5.97 Å². The maximum Gasteiger partial charge on any atom is 0.315 e. The number of esters is 1. The van der Waals surface area contributed by atoms with Crippen LogP contribution in [0.1, 0.15) is 38.7 Å². The summed E-state index contributed by atoms with van der Waals surface area (Å²) >= 11 is 0. The number of aromatic nitrogens is 1. The lowest BCUT2D eigenvalue weighted by Crippen LogP contribution is -2.27. The summed E-state index contributed by atoms with van der Waals surface area (Å²) < 4.78 is 11.0. The first-order valence-corrected chi connectivity index (χ1v) is 7.68. The largest absolute Gasteiger partial charge is 0.459 e. The third-order valence-electron chi connectivity index (χ3n) is 3.11. The first kappa shape index (κ1) is 17.5. The van der Waals surface area contributed by atoms with Gasteiger partial charge in [0.05, 0.1) is 18.4 Å². The molecule has 0 amide bonds. The molecule has 5 heteroatoms. The average molecular weight is 324 g/mol. The van der Waals surface area contributed by atoms with E-state index in [2.05, 4.69) is 4.98 Å². The molecule has 2 rings (SSSR count). The number of carbonyl (C=O) groups excluding carboxylic acids is 1. The van der Waals surface area contributed by atoms with Crippen molar-refractivity contribution in [1.29, 1.82) is 5.26 Å². The molecule has 0 aliphatic carbocycles. The number of ether oxygens (including phenoxy) is 2. The van der Waals surface area contributed by atoms with Crippen LogP contribution >= 0.6 is 0 Å². The smallest absolute Gasteiger partial charge is 0.315 e. The molecular weight excluding hydrogens is 304 g/mol. The van der Waals surface area contributed by atoms with Gasteiger partial charge in [-0.1, -0.05) is 24.3 Å². The lowest BCUT2D eigenvalue weighted by atomic mass is 9.98. The van der Waals surface area contributed by atoms with Crippen LogP contribution in [0.15, 0.2) is 48.7 Å². The van der Waals surface area contributed by atoms with Crippen LogP contribution in [0.4, 0.5) is 0 Å². The van der Waals surface area contributed by atoms with Crippen LogP contribution in [0.2, 0.25) is 0 Å². The van der Waals surface area contributed by atoms with Crippen molar-refractivity contribution in [3.05, 3.63) is 54.2 Å². The predicted octanol–water partition coefficient (Wildman–Crippen LogP) is 4.21. The molecule has 0 bridgehead atoms. The van der Waals surface area contributed by atoms with Gasteiger partial charge in [0.15, 0.2) is 0 Å². The summed E-state index contributed by atoms with van der Waals surface area (Å²) in [4.78, 5) is 16.5. The second-order valence-corrected chi connectivity index (χ2v) is 6.29. The fourth-order valence-electron chi connectivity index (χ4n) is 2.07. The second kappa shape index (κ2) is 7.60. The van der Waals surface area contributed by atoms with E-state index in [4.69, 9.17) is 14.7 Å². The molecule has 0 aliphatic heterocycles. The molecule has 124 valence electrons. The van der Waals surface area contributed by atoms with E-state index in [0.717, 1.165) is 0 Å². The SMILES string of the molecule is CC(C)(C)OC(=O)C(CC#N)c1ccc(Oc2ccccc2)nc1. The number of hydrogen-bond acceptors (Lipinski definition) is 5. The molecule has 0 saturated heterocycles. The van der Waals surface area contributed by atoms with Crippen molar-refractivity contribution in [2.24, 2.45) is 0 Å². The van der Waals surface area contributed by atoms with Crippen molar-refractivity contribution in [2.75, 3.05) is 0 Å². The first-order valence-electron chi connectivity index (χ1n) is 7.68. The van der Waals surface area contributed by atoms with Crippen molar-refractivity contribution in [1.82, 2.24) is 4.98 Å². The predicted molar refractivity (Wildman–Crippen MR) is 89.6 cm³/mol. The topological polar surface area (TPSA) is 72.2 Å².